The van der Waals surface area contributed by atoms with Crippen LogP contribution in [-0.4, -0.2) is 0 Å². The van der Waals surface area contributed by atoms with Gasteiger partial charge in [0.2, 0.25) is 5.76 Å². The van der Waals surface area contributed by atoms with Crippen molar-refractivity contribution in [2.45, 2.75) is 6.42 Å². The molecule has 0 N–H and O–H groups in total. The van der Waals surface area contributed by atoms with E-state index in [2.05, 4.69) is 4.58 Å². The van der Waals surface area contributed by atoms with E-state index in [1.807, 2.05) is 24.3 Å². The molecule has 0 atom stereocenters. The predicted molar refractivity (Wildman–Crippen MR) is 40.3 cm³/mol. The van der Waals surface area contributed by atoms with Crippen LogP contribution in [0.15, 0.2) is 33.4 Å². The van der Waals surface area contributed by atoms with Crippen LogP contribution in [0.2, 0.25) is 0 Å². The van der Waals surface area contributed by atoms with Gasteiger partial charge in [0.15, 0.2) is 0 Å². The monoisotopic (exact) mass is 162 g/mol. The van der Waals surface area contributed by atoms with Crippen LogP contribution < -0.4 is 4.74 Å². The molecule has 0 aliphatic carbocycles. The van der Waals surface area contributed by atoms with Crippen LogP contribution in [0.25, 0.3) is 0 Å². The van der Waals surface area contributed by atoms with Crippen molar-refractivity contribution in [2.75, 3.05) is 0 Å². The van der Waals surface area contributed by atoms with Crippen LogP contribution in [-0.2, 0) is 6.42 Å². The summed E-state index contributed by atoms with van der Waals surface area (Å²) in [5.74, 6) is 2.15. The van der Waals surface area contributed by atoms with Gasteiger partial charge >= 0.3 is 5.95 Å². The Labute approximate surface area is 68.5 Å². The van der Waals surface area contributed by atoms with Gasteiger partial charge in [-0.2, -0.15) is 0 Å². The molecule has 0 spiro atoms. The van der Waals surface area contributed by atoms with Gasteiger partial charge in [-0.3, -0.25) is 4.58 Å². The van der Waals surface area contributed by atoms with E-state index in [0.29, 0.717) is 5.95 Å². The summed E-state index contributed by atoms with van der Waals surface area (Å²) in [6, 6.07) is 7.85. The Morgan fingerprint density at radius 1 is 1.08 bits per heavy atom. The lowest BCUT2D eigenvalue weighted by molar-refractivity contribution is -0.0499. The number of hydrogen-bond donors (Lipinski definition) is 0. The fourth-order valence-corrected chi connectivity index (χ4v) is 1.33. The number of ether oxygens (including phenoxy) is 1. The molecule has 1 aromatic heterocycles. The maximum Gasteiger partial charge on any atom is 0.380 e. The van der Waals surface area contributed by atoms with Gasteiger partial charge < -0.3 is 4.74 Å². The smallest absolute Gasteiger partial charge is 0.380 e. The van der Waals surface area contributed by atoms with Crippen molar-refractivity contribution in [3.63, 3.8) is 0 Å². The second-order valence-electron chi connectivity index (χ2n) is 2.76. The fraction of sp³-hybridized carbons (Fsp3) is 0.111. The van der Waals surface area contributed by atoms with Crippen molar-refractivity contribution >= 4 is 0 Å². The van der Waals surface area contributed by atoms with Crippen LogP contribution in [0, 0.1) is 0 Å². The molecule has 0 amide bonds. The highest BCUT2D eigenvalue weighted by Crippen LogP contribution is 2.38. The minimum Gasteiger partial charge on any atom is -0.420 e. The normalized spacial score (nSPS) is 13.3. The topological polar surface area (TPSA) is 35.5 Å². The number of fused-ring (bicyclic) bond motifs is 2. The van der Waals surface area contributed by atoms with Crippen LogP contribution in [0.5, 0.6) is 11.7 Å². The minimum atomic E-state index is 0.508. The van der Waals surface area contributed by atoms with E-state index >= 15 is 0 Å². The predicted octanol–water partition coefficient (Wildman–Crippen LogP) is 2.57. The molecule has 3 nitrogen and oxygen atoms in total. The lowest BCUT2D eigenvalue weighted by atomic mass is 10.1. The summed E-state index contributed by atoms with van der Waals surface area (Å²) in [6.07, 6.45) is 0.769. The first-order valence-electron chi connectivity index (χ1n) is 3.77. The lowest BCUT2D eigenvalue weighted by Gasteiger charge is -2.16. The lowest BCUT2D eigenvalue weighted by Crippen LogP contribution is -2.04. The maximum atomic E-state index is 5.36. The van der Waals surface area contributed by atoms with Gasteiger partial charge in [0.05, 0.1) is 0 Å². The highest BCUT2D eigenvalue weighted by atomic mass is 17.0. The second kappa shape index (κ2) is 1.94. The Kier molecular flexibility index (Phi) is 0.961. The molecule has 3 heteroatoms. The van der Waals surface area contributed by atoms with Crippen LogP contribution in [0.1, 0.15) is 11.3 Å². The van der Waals surface area contributed by atoms with Crippen LogP contribution >= 0.6 is 0 Å². The highest BCUT2D eigenvalue weighted by Gasteiger charge is 2.25. The van der Waals surface area contributed by atoms with E-state index in [4.69, 9.17) is 9.31 Å². The Hall–Kier alpha value is -1.64. The third kappa shape index (κ3) is 0.652. The first-order valence-corrected chi connectivity index (χ1v) is 3.77. The van der Waals surface area contributed by atoms with Gasteiger partial charge in [-0.15, -0.1) is 0 Å². The fourth-order valence-electron chi connectivity index (χ4n) is 1.33. The quantitative estimate of drug-likeness (QED) is 0.476. The third-order valence-corrected chi connectivity index (χ3v) is 1.97. The van der Waals surface area contributed by atoms with E-state index in [9.17, 15) is 0 Å². The number of hydrogen-bond acceptors (Lipinski definition) is 3. The van der Waals surface area contributed by atoms with Gasteiger partial charge in [0.1, 0.15) is 5.75 Å². The van der Waals surface area contributed by atoms with Crippen molar-refractivity contribution < 1.29 is 13.9 Å². The van der Waals surface area contributed by atoms with E-state index in [-0.39, 0.29) is 0 Å². The molecule has 0 bridgehead atoms. The Bertz CT molecular complexity index is 372. The molecule has 0 saturated heterocycles. The van der Waals surface area contributed by atoms with Gasteiger partial charge in [0.25, 0.3) is 0 Å². The van der Waals surface area contributed by atoms with Crippen LogP contribution in [0.3, 0.4) is 0 Å². The van der Waals surface area contributed by atoms with E-state index in [1.165, 1.54) is 0 Å². The summed E-state index contributed by atoms with van der Waals surface area (Å²) in [7, 11) is 0. The first-order chi connectivity index (χ1) is 5.93. The number of rotatable bonds is 0. The zero-order valence-corrected chi connectivity index (χ0v) is 6.24. The minimum absolute atomic E-state index is 0.508. The summed E-state index contributed by atoms with van der Waals surface area (Å²) in [6.45, 7) is 0. The largest absolute Gasteiger partial charge is 0.420 e. The van der Waals surface area contributed by atoms with Crippen LogP contribution in [0.4, 0.5) is 0 Å². The molecule has 12 heavy (non-hydrogen) atoms. The van der Waals surface area contributed by atoms with E-state index in [1.54, 1.807) is 0 Å². The standard InChI is InChI=1S/C9H6O3/c1-2-4-7-6(3-1)5-8-9(10-7)12-11-8/h1-4H,5H2. The third-order valence-electron chi connectivity index (χ3n) is 1.97. The second-order valence-corrected chi connectivity index (χ2v) is 2.76. The first kappa shape index (κ1) is 5.94. The average molecular weight is 162 g/mol. The molecular weight excluding hydrogens is 156 g/mol. The van der Waals surface area contributed by atoms with Crippen molar-refractivity contribution in [1.82, 2.24) is 0 Å². The van der Waals surface area contributed by atoms with Gasteiger partial charge in [-0.25, -0.2) is 4.58 Å². The Morgan fingerprint density at radius 3 is 2.83 bits per heavy atom. The molecule has 1 aromatic carbocycles. The van der Waals surface area contributed by atoms with Gasteiger partial charge in [-0.05, 0) is 6.07 Å². The molecule has 3 rings (SSSR count). The summed E-state index contributed by atoms with van der Waals surface area (Å²) in [5.41, 5.74) is 1.14. The molecule has 0 unspecified atom stereocenters. The van der Waals surface area contributed by atoms with E-state index < -0.39 is 0 Å². The maximum absolute atomic E-state index is 5.36. The van der Waals surface area contributed by atoms with Crippen molar-refractivity contribution in [3.8, 4) is 11.7 Å². The molecule has 0 radical (unpaired) electrons. The molecule has 0 fully saturated rings. The summed E-state index contributed by atoms with van der Waals surface area (Å²) in [4.78, 5) is 0. The highest BCUT2D eigenvalue weighted by molar-refractivity contribution is 5.42. The Balaban J connectivity index is 2.12. The molecular formula is C9H6O3. The SMILES string of the molecule is c1ccc2c(c1)Cc1ooc1O2. The van der Waals surface area contributed by atoms with E-state index in [0.717, 1.165) is 23.5 Å². The van der Waals surface area contributed by atoms with Crippen molar-refractivity contribution in [1.29, 1.82) is 0 Å². The molecule has 60 valence electrons. The molecule has 1 aliphatic rings. The molecule has 2 aromatic rings. The zero-order chi connectivity index (χ0) is 7.97. The van der Waals surface area contributed by atoms with Gasteiger partial charge in [-0.1, -0.05) is 18.2 Å². The molecule has 1 aliphatic heterocycles. The van der Waals surface area contributed by atoms with Crippen molar-refractivity contribution in [3.05, 3.63) is 35.6 Å². The van der Waals surface area contributed by atoms with Gasteiger partial charge in [0, 0.05) is 12.0 Å². The number of benzene rings is 1. The summed E-state index contributed by atoms with van der Waals surface area (Å²) < 4.78 is 14.8. The summed E-state index contributed by atoms with van der Waals surface area (Å²) in [5, 5.41) is 0. The molecule has 2 heterocycles. The molecule has 0 saturated carbocycles. The Morgan fingerprint density at radius 2 is 2.00 bits per heavy atom. The summed E-state index contributed by atoms with van der Waals surface area (Å²) >= 11 is 0. The number of para-hydroxylation sites is 1. The van der Waals surface area contributed by atoms with Crippen molar-refractivity contribution in [2.24, 2.45) is 0 Å². The zero-order valence-electron chi connectivity index (χ0n) is 6.24. The average Bonchev–Trinajstić information content (AvgIpc) is 2.09.